The highest BCUT2D eigenvalue weighted by atomic mass is 32.1. The van der Waals surface area contributed by atoms with Gasteiger partial charge in [0.15, 0.2) is 5.13 Å². The van der Waals surface area contributed by atoms with Crippen molar-refractivity contribution in [1.29, 1.82) is 0 Å². The number of aryl methyl sites for hydroxylation is 1. The molecule has 1 saturated carbocycles. The molecule has 1 aromatic heterocycles. The predicted octanol–water partition coefficient (Wildman–Crippen LogP) is 3.89. The Morgan fingerprint density at radius 1 is 1.43 bits per heavy atom. The maximum Gasteiger partial charge on any atom is 0.309 e. The lowest BCUT2D eigenvalue weighted by molar-refractivity contribution is -0.146. The fourth-order valence-electron chi connectivity index (χ4n) is 2.09. The van der Waals surface area contributed by atoms with Crippen LogP contribution in [0.1, 0.15) is 24.6 Å². The molecule has 21 heavy (non-hydrogen) atoms. The zero-order chi connectivity index (χ0) is 14.8. The van der Waals surface area contributed by atoms with E-state index in [1.54, 1.807) is 0 Å². The third-order valence-electron chi connectivity index (χ3n) is 3.63. The number of benzene rings is 1. The van der Waals surface area contributed by atoms with Crippen molar-refractivity contribution in [3.05, 3.63) is 40.9 Å². The normalized spacial score (nSPS) is 20.1. The van der Waals surface area contributed by atoms with Gasteiger partial charge >= 0.3 is 5.97 Å². The third-order valence-corrected chi connectivity index (χ3v) is 4.44. The summed E-state index contributed by atoms with van der Waals surface area (Å²) in [7, 11) is 0. The number of aromatic nitrogens is 1. The Hall–Kier alpha value is -1.88. The molecule has 0 bridgehead atoms. The lowest BCUT2D eigenvalue weighted by Gasteiger charge is -2.03. The van der Waals surface area contributed by atoms with Crippen LogP contribution < -0.4 is 5.32 Å². The molecule has 1 N–H and O–H groups in total. The van der Waals surface area contributed by atoms with E-state index in [0.717, 1.165) is 22.9 Å². The molecule has 0 spiro atoms. The fraction of sp³-hybridized carbons (Fsp3) is 0.375. The average Bonchev–Trinajstić information content (AvgIpc) is 3.04. The van der Waals surface area contributed by atoms with Gasteiger partial charge in [-0.25, -0.2) is 4.98 Å². The molecule has 0 aliphatic heterocycles. The summed E-state index contributed by atoms with van der Waals surface area (Å²) in [5.41, 5.74) is 3.02. The summed E-state index contributed by atoms with van der Waals surface area (Å²) in [6, 6.07) is 8.14. The standard InChI is InChI=1S/C16H18N2O2S/c1-10-3-5-12(6-4-10)17-16-18-13(9-21-16)8-20-15(19)14-7-11(14)2/h3-6,9,11,14H,7-8H2,1-2H3,(H,17,18)/t11-,14+/m0/s1. The van der Waals surface area contributed by atoms with Crippen molar-refractivity contribution in [3.63, 3.8) is 0 Å². The molecule has 0 amide bonds. The van der Waals surface area contributed by atoms with Gasteiger partial charge in [0.1, 0.15) is 6.61 Å². The Balaban J connectivity index is 1.53. The van der Waals surface area contributed by atoms with E-state index in [-0.39, 0.29) is 18.5 Å². The van der Waals surface area contributed by atoms with Gasteiger partial charge < -0.3 is 10.1 Å². The Morgan fingerprint density at radius 3 is 2.81 bits per heavy atom. The van der Waals surface area contributed by atoms with Crippen LogP contribution in [0, 0.1) is 18.8 Å². The van der Waals surface area contributed by atoms with Crippen LogP contribution in [0.4, 0.5) is 10.8 Å². The van der Waals surface area contributed by atoms with Crippen LogP contribution >= 0.6 is 11.3 Å². The number of esters is 1. The Bertz CT molecular complexity index is 636. The van der Waals surface area contributed by atoms with Gasteiger partial charge in [-0.15, -0.1) is 11.3 Å². The first kappa shape index (κ1) is 14.1. The number of nitrogens with zero attached hydrogens (tertiary/aromatic N) is 1. The van der Waals surface area contributed by atoms with Crippen LogP contribution in [0.25, 0.3) is 0 Å². The lowest BCUT2D eigenvalue weighted by Crippen LogP contribution is -2.07. The second kappa shape index (κ2) is 5.85. The highest BCUT2D eigenvalue weighted by Crippen LogP contribution is 2.38. The molecule has 5 heteroatoms. The van der Waals surface area contributed by atoms with Gasteiger partial charge in [-0.05, 0) is 31.4 Å². The van der Waals surface area contributed by atoms with E-state index >= 15 is 0 Å². The van der Waals surface area contributed by atoms with Crippen LogP contribution in [0.2, 0.25) is 0 Å². The van der Waals surface area contributed by atoms with E-state index in [1.165, 1.54) is 16.9 Å². The number of rotatable bonds is 5. The van der Waals surface area contributed by atoms with Gasteiger partial charge in [-0.1, -0.05) is 24.6 Å². The minimum Gasteiger partial charge on any atom is -0.459 e. The van der Waals surface area contributed by atoms with E-state index < -0.39 is 0 Å². The number of carbonyl (C=O) groups is 1. The molecule has 1 heterocycles. The minimum atomic E-state index is -0.0939. The van der Waals surface area contributed by atoms with Gasteiger partial charge in [0.2, 0.25) is 0 Å². The van der Waals surface area contributed by atoms with Gasteiger partial charge in [0.05, 0.1) is 11.6 Å². The SMILES string of the molecule is Cc1ccc(Nc2nc(COC(=O)[C@@H]3C[C@@H]3C)cs2)cc1. The molecule has 0 radical (unpaired) electrons. The molecule has 2 atom stereocenters. The van der Waals surface area contributed by atoms with Crippen molar-refractivity contribution in [2.24, 2.45) is 11.8 Å². The van der Waals surface area contributed by atoms with Crippen LogP contribution in [-0.2, 0) is 16.1 Å². The second-order valence-corrected chi connectivity index (χ2v) is 6.42. The molecule has 0 unspecified atom stereocenters. The number of ether oxygens (including phenoxy) is 1. The van der Waals surface area contributed by atoms with Crippen LogP contribution in [0.15, 0.2) is 29.6 Å². The van der Waals surface area contributed by atoms with Crippen molar-refractivity contribution in [1.82, 2.24) is 4.98 Å². The number of anilines is 2. The van der Waals surface area contributed by atoms with Crippen molar-refractivity contribution in [2.75, 3.05) is 5.32 Å². The summed E-state index contributed by atoms with van der Waals surface area (Å²) < 4.78 is 5.28. The Morgan fingerprint density at radius 2 is 2.14 bits per heavy atom. The van der Waals surface area contributed by atoms with Crippen LogP contribution in [0.3, 0.4) is 0 Å². The van der Waals surface area contributed by atoms with Gasteiger partial charge in [-0.3, -0.25) is 4.79 Å². The Kier molecular flexibility index (Phi) is 3.92. The quantitative estimate of drug-likeness (QED) is 0.851. The average molecular weight is 302 g/mol. The zero-order valence-electron chi connectivity index (χ0n) is 12.1. The molecule has 2 aromatic rings. The van der Waals surface area contributed by atoms with Crippen LogP contribution in [-0.4, -0.2) is 11.0 Å². The van der Waals surface area contributed by atoms with E-state index in [2.05, 4.69) is 36.3 Å². The van der Waals surface area contributed by atoms with Crippen molar-refractivity contribution in [2.45, 2.75) is 26.9 Å². The first-order chi connectivity index (χ1) is 10.1. The first-order valence-electron chi connectivity index (χ1n) is 7.06. The molecular formula is C16H18N2O2S. The first-order valence-corrected chi connectivity index (χ1v) is 7.94. The lowest BCUT2D eigenvalue weighted by atomic mass is 10.2. The van der Waals surface area contributed by atoms with E-state index in [4.69, 9.17) is 4.74 Å². The monoisotopic (exact) mass is 302 g/mol. The Labute approximate surface area is 128 Å². The highest BCUT2D eigenvalue weighted by Gasteiger charge is 2.40. The second-order valence-electron chi connectivity index (χ2n) is 5.56. The summed E-state index contributed by atoms with van der Waals surface area (Å²) in [6.45, 7) is 4.38. The van der Waals surface area contributed by atoms with E-state index in [1.807, 2.05) is 17.5 Å². The number of hydrogen-bond acceptors (Lipinski definition) is 5. The number of carbonyl (C=O) groups excluding carboxylic acids is 1. The van der Waals surface area contributed by atoms with Gasteiger partial charge in [0.25, 0.3) is 0 Å². The maximum atomic E-state index is 11.7. The molecule has 1 fully saturated rings. The molecule has 4 nitrogen and oxygen atoms in total. The summed E-state index contributed by atoms with van der Waals surface area (Å²) in [6.07, 6.45) is 0.954. The van der Waals surface area contributed by atoms with Crippen molar-refractivity contribution >= 4 is 28.1 Å². The largest absolute Gasteiger partial charge is 0.459 e. The smallest absolute Gasteiger partial charge is 0.309 e. The zero-order valence-corrected chi connectivity index (χ0v) is 12.9. The van der Waals surface area contributed by atoms with Gasteiger partial charge in [-0.2, -0.15) is 0 Å². The number of nitrogens with one attached hydrogen (secondary N) is 1. The minimum absolute atomic E-state index is 0.0939. The van der Waals surface area contributed by atoms with Crippen molar-refractivity contribution < 1.29 is 9.53 Å². The fourth-order valence-corrected chi connectivity index (χ4v) is 2.81. The molecule has 110 valence electrons. The summed E-state index contributed by atoms with van der Waals surface area (Å²) in [4.78, 5) is 16.1. The summed E-state index contributed by atoms with van der Waals surface area (Å²) in [5, 5.41) is 5.97. The highest BCUT2D eigenvalue weighted by molar-refractivity contribution is 7.13. The number of hydrogen-bond donors (Lipinski definition) is 1. The van der Waals surface area contributed by atoms with Gasteiger partial charge in [0, 0.05) is 11.1 Å². The van der Waals surface area contributed by atoms with Crippen molar-refractivity contribution in [3.8, 4) is 0 Å². The molecule has 1 aliphatic carbocycles. The topological polar surface area (TPSA) is 51.2 Å². The summed E-state index contributed by atoms with van der Waals surface area (Å²) >= 11 is 1.51. The summed E-state index contributed by atoms with van der Waals surface area (Å²) in [5.74, 6) is 0.490. The van der Waals surface area contributed by atoms with Crippen LogP contribution in [0.5, 0.6) is 0 Å². The molecule has 1 aliphatic rings. The number of thiazole rings is 1. The predicted molar refractivity (Wildman–Crippen MR) is 83.6 cm³/mol. The maximum absolute atomic E-state index is 11.7. The molecular weight excluding hydrogens is 284 g/mol. The molecule has 3 rings (SSSR count). The van der Waals surface area contributed by atoms with E-state index in [9.17, 15) is 4.79 Å². The molecule has 0 saturated heterocycles. The third kappa shape index (κ3) is 3.61. The molecule has 1 aromatic carbocycles. The van der Waals surface area contributed by atoms with E-state index in [0.29, 0.717) is 5.92 Å².